The zero-order valence-electron chi connectivity index (χ0n) is 16.6. The first kappa shape index (κ1) is 19.0. The fraction of sp³-hybridized carbons (Fsp3) is 0.182. The third-order valence-electron chi connectivity index (χ3n) is 4.80. The first-order chi connectivity index (χ1) is 14.1. The van der Waals surface area contributed by atoms with Crippen LogP contribution >= 0.6 is 11.3 Å². The minimum Gasteiger partial charge on any atom is -0.493 e. The van der Waals surface area contributed by atoms with E-state index in [-0.39, 0.29) is 5.91 Å². The maximum Gasteiger partial charge on any atom is 0.279 e. The molecule has 148 valence electrons. The van der Waals surface area contributed by atoms with Crippen LogP contribution in [0.25, 0.3) is 21.0 Å². The summed E-state index contributed by atoms with van der Waals surface area (Å²) in [5.41, 5.74) is 1.42. The van der Waals surface area contributed by atoms with Crippen LogP contribution in [-0.2, 0) is 7.05 Å². The average Bonchev–Trinajstić information content (AvgIpc) is 3.08. The summed E-state index contributed by atoms with van der Waals surface area (Å²) in [6.07, 6.45) is 0. The Labute approximate surface area is 171 Å². The predicted octanol–water partition coefficient (Wildman–Crippen LogP) is 4.16. The number of fused-ring (bicyclic) bond motifs is 3. The first-order valence-corrected chi connectivity index (χ1v) is 9.75. The molecule has 1 aromatic heterocycles. The molecule has 0 aliphatic rings. The summed E-state index contributed by atoms with van der Waals surface area (Å²) in [7, 11) is 6.47. The van der Waals surface area contributed by atoms with E-state index in [9.17, 15) is 4.79 Å². The molecule has 4 aromatic rings. The second kappa shape index (κ2) is 7.60. The number of aryl methyl sites for hydroxylation is 1. The molecule has 3 aromatic carbocycles. The molecule has 4 rings (SSSR count). The van der Waals surface area contributed by atoms with Crippen LogP contribution in [0.2, 0.25) is 0 Å². The van der Waals surface area contributed by atoms with Crippen molar-refractivity contribution in [1.82, 2.24) is 4.57 Å². The number of ether oxygens (including phenoxy) is 3. The summed E-state index contributed by atoms with van der Waals surface area (Å²) in [6, 6.07) is 15.5. The highest BCUT2D eigenvalue weighted by molar-refractivity contribution is 7.16. The fourth-order valence-electron chi connectivity index (χ4n) is 3.38. The van der Waals surface area contributed by atoms with Gasteiger partial charge in [-0.25, -0.2) is 0 Å². The molecule has 0 atom stereocenters. The number of carbonyl (C=O) groups is 1. The molecule has 0 saturated carbocycles. The molecule has 1 heterocycles. The van der Waals surface area contributed by atoms with Gasteiger partial charge in [-0.2, -0.15) is 4.99 Å². The van der Waals surface area contributed by atoms with Crippen LogP contribution in [0, 0.1) is 0 Å². The Balaban J connectivity index is 1.86. The Kier molecular flexibility index (Phi) is 4.98. The van der Waals surface area contributed by atoms with Gasteiger partial charge in [0.1, 0.15) is 0 Å². The van der Waals surface area contributed by atoms with Crippen LogP contribution in [0.1, 0.15) is 10.4 Å². The minimum atomic E-state index is -0.379. The Morgan fingerprint density at radius 2 is 1.66 bits per heavy atom. The molecule has 0 aliphatic heterocycles. The second-order valence-electron chi connectivity index (χ2n) is 6.41. The lowest BCUT2D eigenvalue weighted by molar-refractivity contribution is 0.0997. The molecule has 0 radical (unpaired) electrons. The van der Waals surface area contributed by atoms with Gasteiger partial charge in [-0.05, 0) is 23.6 Å². The molecule has 0 saturated heterocycles. The number of benzene rings is 3. The summed E-state index contributed by atoms with van der Waals surface area (Å²) in [5.74, 6) is 0.885. The van der Waals surface area contributed by atoms with Crippen LogP contribution in [0.15, 0.2) is 53.5 Å². The Morgan fingerprint density at radius 3 is 2.31 bits per heavy atom. The molecule has 0 bridgehead atoms. The topological polar surface area (TPSA) is 62.0 Å². The van der Waals surface area contributed by atoms with Crippen molar-refractivity contribution < 1.29 is 19.0 Å². The normalized spacial score (nSPS) is 11.8. The summed E-state index contributed by atoms with van der Waals surface area (Å²) in [5, 5.41) is 2.28. The van der Waals surface area contributed by atoms with Crippen molar-refractivity contribution in [2.45, 2.75) is 0 Å². The largest absolute Gasteiger partial charge is 0.493 e. The number of methoxy groups -OCH3 is 3. The molecule has 1 amide bonds. The van der Waals surface area contributed by atoms with Gasteiger partial charge in [-0.1, -0.05) is 41.7 Å². The SMILES string of the molecule is COc1cc(C(=O)N=c2sc3ccc4ccccc4c3n2C)cc(OC)c1OC. The van der Waals surface area contributed by atoms with Crippen molar-refractivity contribution in [3.8, 4) is 17.2 Å². The van der Waals surface area contributed by atoms with Gasteiger partial charge >= 0.3 is 0 Å². The monoisotopic (exact) mass is 408 g/mol. The summed E-state index contributed by atoms with van der Waals surface area (Å²) < 4.78 is 19.0. The van der Waals surface area contributed by atoms with Crippen LogP contribution in [0.5, 0.6) is 17.2 Å². The average molecular weight is 408 g/mol. The Hall–Kier alpha value is -3.32. The van der Waals surface area contributed by atoms with Crippen LogP contribution in [0.4, 0.5) is 0 Å². The van der Waals surface area contributed by atoms with E-state index in [2.05, 4.69) is 29.3 Å². The van der Waals surface area contributed by atoms with E-state index in [0.29, 0.717) is 27.6 Å². The standard InChI is InChI=1S/C22H20N2O4S/c1-24-19-15-8-6-5-7-13(15)9-10-18(19)29-22(24)23-21(25)14-11-16(26-2)20(28-4)17(12-14)27-3/h5-12H,1-4H3. The first-order valence-electron chi connectivity index (χ1n) is 8.93. The molecular weight excluding hydrogens is 388 g/mol. The molecule has 0 N–H and O–H groups in total. The van der Waals surface area contributed by atoms with Crippen molar-refractivity contribution in [2.75, 3.05) is 21.3 Å². The molecule has 0 aliphatic carbocycles. The number of thiazole rings is 1. The van der Waals surface area contributed by atoms with E-state index < -0.39 is 0 Å². The number of amides is 1. The number of hydrogen-bond acceptors (Lipinski definition) is 5. The minimum absolute atomic E-state index is 0.363. The maximum absolute atomic E-state index is 12.9. The van der Waals surface area contributed by atoms with Gasteiger partial charge in [0.05, 0.1) is 31.5 Å². The third kappa shape index (κ3) is 3.23. The predicted molar refractivity (Wildman–Crippen MR) is 114 cm³/mol. The Bertz CT molecular complexity index is 1280. The van der Waals surface area contributed by atoms with Gasteiger partial charge in [0.25, 0.3) is 5.91 Å². The number of carbonyl (C=O) groups excluding carboxylic acids is 1. The van der Waals surface area contributed by atoms with Crippen LogP contribution in [0.3, 0.4) is 0 Å². The van der Waals surface area contributed by atoms with Crippen molar-refractivity contribution in [3.05, 3.63) is 58.9 Å². The molecule has 29 heavy (non-hydrogen) atoms. The quantitative estimate of drug-likeness (QED) is 0.509. The van der Waals surface area contributed by atoms with Gasteiger partial charge < -0.3 is 18.8 Å². The highest BCUT2D eigenvalue weighted by Gasteiger charge is 2.17. The lowest BCUT2D eigenvalue weighted by Crippen LogP contribution is -2.13. The Morgan fingerprint density at radius 1 is 0.966 bits per heavy atom. The number of rotatable bonds is 4. The number of aromatic nitrogens is 1. The third-order valence-corrected chi connectivity index (χ3v) is 5.89. The molecule has 7 heteroatoms. The van der Waals surface area contributed by atoms with Crippen LogP contribution in [-0.4, -0.2) is 31.8 Å². The zero-order valence-corrected chi connectivity index (χ0v) is 17.4. The molecular formula is C22H20N2O4S. The van der Waals surface area contributed by atoms with Crippen molar-refractivity contribution >= 4 is 38.2 Å². The van der Waals surface area contributed by atoms with Crippen molar-refractivity contribution in [1.29, 1.82) is 0 Å². The molecule has 6 nitrogen and oxygen atoms in total. The molecule has 0 spiro atoms. The highest BCUT2D eigenvalue weighted by atomic mass is 32.1. The van der Waals surface area contributed by atoms with Gasteiger partial charge in [0.2, 0.25) is 5.75 Å². The van der Waals surface area contributed by atoms with Gasteiger partial charge in [0, 0.05) is 18.0 Å². The van der Waals surface area contributed by atoms with Crippen molar-refractivity contribution in [2.24, 2.45) is 12.0 Å². The summed E-state index contributed by atoms with van der Waals surface area (Å²) in [4.78, 5) is 17.9. The van der Waals surface area contributed by atoms with Crippen LogP contribution < -0.4 is 19.0 Å². The van der Waals surface area contributed by atoms with Gasteiger partial charge in [-0.3, -0.25) is 4.79 Å². The highest BCUT2D eigenvalue weighted by Crippen LogP contribution is 2.38. The second-order valence-corrected chi connectivity index (χ2v) is 7.42. The summed E-state index contributed by atoms with van der Waals surface area (Å²) in [6.45, 7) is 0. The van der Waals surface area contributed by atoms with Gasteiger partial charge in [-0.15, -0.1) is 0 Å². The van der Waals surface area contributed by atoms with E-state index >= 15 is 0 Å². The van der Waals surface area contributed by atoms with E-state index in [0.717, 1.165) is 21.0 Å². The van der Waals surface area contributed by atoms with E-state index in [1.165, 1.54) is 32.7 Å². The van der Waals surface area contributed by atoms with Gasteiger partial charge in [0.15, 0.2) is 16.3 Å². The van der Waals surface area contributed by atoms with E-state index in [1.807, 2.05) is 23.7 Å². The van der Waals surface area contributed by atoms with E-state index in [1.54, 1.807) is 12.1 Å². The maximum atomic E-state index is 12.9. The number of nitrogens with zero attached hydrogens (tertiary/aromatic N) is 2. The lowest BCUT2D eigenvalue weighted by atomic mass is 10.1. The zero-order chi connectivity index (χ0) is 20.5. The summed E-state index contributed by atoms with van der Waals surface area (Å²) >= 11 is 1.48. The fourth-order valence-corrected chi connectivity index (χ4v) is 4.41. The van der Waals surface area contributed by atoms with E-state index in [4.69, 9.17) is 14.2 Å². The number of hydrogen-bond donors (Lipinski definition) is 0. The molecule has 0 fully saturated rings. The smallest absolute Gasteiger partial charge is 0.279 e. The lowest BCUT2D eigenvalue weighted by Gasteiger charge is -2.12. The molecule has 0 unspecified atom stereocenters. The van der Waals surface area contributed by atoms with Crippen molar-refractivity contribution in [3.63, 3.8) is 0 Å².